The van der Waals surface area contributed by atoms with Crippen LogP contribution in [0.3, 0.4) is 0 Å². The van der Waals surface area contributed by atoms with Crippen molar-refractivity contribution in [2.75, 3.05) is 23.5 Å². The van der Waals surface area contributed by atoms with Crippen LogP contribution in [0.1, 0.15) is 18.4 Å². The number of allylic oxidation sites excluding steroid dienone is 2. The van der Waals surface area contributed by atoms with E-state index in [0.29, 0.717) is 16.9 Å². The summed E-state index contributed by atoms with van der Waals surface area (Å²) in [6.45, 7) is 1.77. The van der Waals surface area contributed by atoms with Crippen LogP contribution in [0.15, 0.2) is 48.6 Å². The second kappa shape index (κ2) is 9.04. The smallest absolute Gasteiger partial charge is 0.316 e. The second-order valence-electron chi connectivity index (χ2n) is 10.4. The zero-order valence-electron chi connectivity index (χ0n) is 21.2. The molecule has 39 heavy (non-hydrogen) atoms. The van der Waals surface area contributed by atoms with E-state index in [-0.39, 0.29) is 71.5 Å². The maximum atomic E-state index is 13.2. The first-order chi connectivity index (χ1) is 18.7. The topological polar surface area (TPSA) is 136 Å². The van der Waals surface area contributed by atoms with Crippen molar-refractivity contribution in [2.45, 2.75) is 19.8 Å². The first-order valence-corrected chi connectivity index (χ1v) is 12.7. The van der Waals surface area contributed by atoms with Gasteiger partial charge >= 0.3 is 5.97 Å². The number of esters is 1. The third-order valence-corrected chi connectivity index (χ3v) is 8.22. The molecular formula is C28H25N3O8. The predicted octanol–water partition coefficient (Wildman–Crippen LogP) is 3.18. The number of anilines is 2. The molecule has 3 amide bonds. The number of benzene rings is 2. The van der Waals surface area contributed by atoms with E-state index in [1.807, 2.05) is 12.2 Å². The molecule has 2 aromatic carbocycles. The molecule has 1 saturated carbocycles. The summed E-state index contributed by atoms with van der Waals surface area (Å²) < 4.78 is 10.8. The average molecular weight is 532 g/mol. The van der Waals surface area contributed by atoms with E-state index >= 15 is 0 Å². The molecule has 0 unspecified atom stereocenters. The Balaban J connectivity index is 1.15. The molecule has 5 atom stereocenters. The first kappa shape index (κ1) is 24.8. The standard InChI is InChI=1S/C28H25N3O8/c1-14-9-19(6-8-20(14)30-26(33)24-15-3-4-16(10-15)25(24)27(30)34)39-28(35)17-11-23(32)29(13-17)21-7-5-18(31(36)37)12-22(21)38-2/h3-9,12,15-17,24-25H,10-11,13H2,1-2H3/t15-,16-,17+,24+,25+/m0/s1. The number of carbonyl (C=O) groups is 4. The number of nitrogens with zero attached hydrogens (tertiary/aromatic N) is 3. The number of hydrogen-bond donors (Lipinski definition) is 0. The molecule has 2 saturated heterocycles. The summed E-state index contributed by atoms with van der Waals surface area (Å²) in [7, 11) is 1.34. The first-order valence-electron chi connectivity index (χ1n) is 12.7. The molecule has 0 N–H and O–H groups in total. The van der Waals surface area contributed by atoms with E-state index in [2.05, 4.69) is 0 Å². The molecule has 11 heteroatoms. The minimum atomic E-state index is -0.763. The highest BCUT2D eigenvalue weighted by molar-refractivity contribution is 6.23. The van der Waals surface area contributed by atoms with Crippen LogP contribution in [0, 0.1) is 46.6 Å². The normalized spacial score (nSPS) is 26.9. The third kappa shape index (κ3) is 3.87. The minimum absolute atomic E-state index is 0.0266. The number of carbonyl (C=O) groups excluding carboxylic acids is 4. The van der Waals surface area contributed by atoms with Crippen LogP contribution in [-0.2, 0) is 19.2 Å². The fourth-order valence-corrected chi connectivity index (χ4v) is 6.38. The van der Waals surface area contributed by atoms with Crippen LogP contribution in [0.25, 0.3) is 0 Å². The number of ether oxygens (including phenoxy) is 2. The van der Waals surface area contributed by atoms with E-state index < -0.39 is 16.8 Å². The van der Waals surface area contributed by atoms with Crippen molar-refractivity contribution in [3.05, 3.63) is 64.2 Å². The quantitative estimate of drug-likeness (QED) is 0.138. The largest absolute Gasteiger partial charge is 0.494 e. The van der Waals surface area contributed by atoms with Crippen molar-refractivity contribution in [2.24, 2.45) is 29.6 Å². The van der Waals surface area contributed by atoms with Crippen molar-refractivity contribution >= 4 is 40.8 Å². The number of hydrogen-bond acceptors (Lipinski definition) is 8. The summed E-state index contributed by atoms with van der Waals surface area (Å²) in [4.78, 5) is 65.1. The summed E-state index contributed by atoms with van der Waals surface area (Å²) >= 11 is 0. The third-order valence-electron chi connectivity index (χ3n) is 8.22. The van der Waals surface area contributed by atoms with Gasteiger partial charge in [0.1, 0.15) is 11.5 Å². The molecule has 2 aliphatic heterocycles. The Morgan fingerprint density at radius 1 is 1.00 bits per heavy atom. The molecule has 200 valence electrons. The highest BCUT2D eigenvalue weighted by Gasteiger charge is 2.59. The average Bonchev–Trinajstić information content (AvgIpc) is 3.68. The van der Waals surface area contributed by atoms with Crippen LogP contribution in [0.2, 0.25) is 0 Å². The summed E-state index contributed by atoms with van der Waals surface area (Å²) in [5.41, 5.74) is 1.24. The van der Waals surface area contributed by atoms with E-state index in [1.54, 1.807) is 19.1 Å². The van der Waals surface area contributed by atoms with E-state index in [4.69, 9.17) is 9.47 Å². The van der Waals surface area contributed by atoms with Crippen LogP contribution in [0.4, 0.5) is 17.1 Å². The summed E-state index contributed by atoms with van der Waals surface area (Å²) in [5, 5.41) is 11.1. The minimum Gasteiger partial charge on any atom is -0.494 e. The van der Waals surface area contributed by atoms with Gasteiger partial charge in [-0.1, -0.05) is 12.2 Å². The lowest BCUT2D eigenvalue weighted by Gasteiger charge is -2.20. The maximum Gasteiger partial charge on any atom is 0.316 e. The zero-order valence-corrected chi connectivity index (χ0v) is 21.2. The number of aryl methyl sites for hydroxylation is 1. The highest BCUT2D eigenvalue weighted by atomic mass is 16.6. The number of nitro groups is 1. The molecule has 2 aliphatic carbocycles. The number of methoxy groups -OCH3 is 1. The van der Waals surface area contributed by atoms with Crippen LogP contribution < -0.4 is 19.3 Å². The number of imide groups is 1. The zero-order chi connectivity index (χ0) is 27.6. The Morgan fingerprint density at radius 2 is 1.67 bits per heavy atom. The SMILES string of the molecule is COc1cc([N+](=O)[O-])ccc1N1C[C@H](C(=O)Oc2ccc(N3C(=O)[C@H]4[C@H](C3=O)[C@H]3C=C[C@H]4C3)c(C)c2)CC1=O. The molecule has 2 aromatic rings. The van der Waals surface area contributed by atoms with E-state index in [0.717, 1.165) is 6.42 Å². The lowest BCUT2D eigenvalue weighted by Crippen LogP contribution is -2.33. The molecular weight excluding hydrogens is 506 g/mol. The van der Waals surface area contributed by atoms with Gasteiger partial charge in [0, 0.05) is 19.0 Å². The Bertz CT molecular complexity index is 1450. The lowest BCUT2D eigenvalue weighted by molar-refractivity contribution is -0.384. The Labute approximate surface area is 223 Å². The van der Waals surface area contributed by atoms with Gasteiger partial charge in [0.15, 0.2) is 0 Å². The fraction of sp³-hybridized carbons (Fsp3) is 0.357. The van der Waals surface area contributed by atoms with Crippen molar-refractivity contribution in [1.29, 1.82) is 0 Å². The molecule has 4 aliphatic rings. The van der Waals surface area contributed by atoms with Crippen molar-refractivity contribution in [3.63, 3.8) is 0 Å². The summed E-state index contributed by atoms with van der Waals surface area (Å²) in [6, 6.07) is 8.66. The monoisotopic (exact) mass is 531 g/mol. The lowest BCUT2D eigenvalue weighted by atomic mass is 9.85. The molecule has 11 nitrogen and oxygen atoms in total. The second-order valence-corrected chi connectivity index (χ2v) is 10.4. The number of nitro benzene ring substituents is 1. The molecule has 0 radical (unpaired) electrons. The number of amides is 3. The molecule has 2 bridgehead atoms. The van der Waals surface area contributed by atoms with Crippen LogP contribution in [0.5, 0.6) is 11.5 Å². The van der Waals surface area contributed by atoms with Gasteiger partial charge in [0.25, 0.3) is 5.69 Å². The molecule has 0 spiro atoms. The van der Waals surface area contributed by atoms with Crippen molar-refractivity contribution in [1.82, 2.24) is 0 Å². The van der Waals surface area contributed by atoms with Crippen LogP contribution >= 0.6 is 0 Å². The van der Waals surface area contributed by atoms with Gasteiger partial charge < -0.3 is 14.4 Å². The van der Waals surface area contributed by atoms with Gasteiger partial charge in [-0.2, -0.15) is 0 Å². The maximum absolute atomic E-state index is 13.2. The molecule has 3 fully saturated rings. The number of fused-ring (bicyclic) bond motifs is 5. The Morgan fingerprint density at radius 3 is 2.28 bits per heavy atom. The van der Waals surface area contributed by atoms with Gasteiger partial charge in [-0.25, -0.2) is 4.90 Å². The number of non-ortho nitro benzene ring substituents is 1. The van der Waals surface area contributed by atoms with Gasteiger partial charge in [0.05, 0.1) is 47.2 Å². The van der Waals surface area contributed by atoms with E-state index in [1.165, 1.54) is 41.2 Å². The van der Waals surface area contributed by atoms with Crippen molar-refractivity contribution in [3.8, 4) is 11.5 Å². The summed E-state index contributed by atoms with van der Waals surface area (Å²) in [5.74, 6) is -2.06. The van der Waals surface area contributed by atoms with Crippen LogP contribution in [-0.4, -0.2) is 42.3 Å². The van der Waals surface area contributed by atoms with Gasteiger partial charge in [-0.3, -0.25) is 29.3 Å². The molecule has 0 aromatic heterocycles. The fourth-order valence-electron chi connectivity index (χ4n) is 6.38. The van der Waals surface area contributed by atoms with E-state index in [9.17, 15) is 29.3 Å². The number of rotatable bonds is 6. The molecule has 2 heterocycles. The van der Waals surface area contributed by atoms with Gasteiger partial charge in [-0.15, -0.1) is 0 Å². The van der Waals surface area contributed by atoms with Gasteiger partial charge in [-0.05, 0) is 55.0 Å². The Kier molecular flexibility index (Phi) is 5.74. The molecule has 6 rings (SSSR count). The Hall–Kier alpha value is -4.54. The van der Waals surface area contributed by atoms with Crippen molar-refractivity contribution < 1.29 is 33.6 Å². The summed E-state index contributed by atoms with van der Waals surface area (Å²) in [6.07, 6.45) is 4.85. The highest BCUT2D eigenvalue weighted by Crippen LogP contribution is 2.53. The van der Waals surface area contributed by atoms with Gasteiger partial charge in [0.2, 0.25) is 17.7 Å². The predicted molar refractivity (Wildman–Crippen MR) is 137 cm³/mol.